The van der Waals surface area contributed by atoms with Crippen LogP contribution < -0.4 is 15.0 Å². The molecule has 1 heterocycles. The van der Waals surface area contributed by atoms with Crippen molar-refractivity contribution in [1.29, 1.82) is 0 Å². The molecule has 5 nitrogen and oxygen atoms in total. The number of anilines is 1. The maximum absolute atomic E-state index is 13.3. The first-order valence-corrected chi connectivity index (χ1v) is 12.9. The van der Waals surface area contributed by atoms with Gasteiger partial charge in [-0.25, -0.2) is 9.37 Å². The van der Waals surface area contributed by atoms with E-state index < -0.39 is 0 Å². The second kappa shape index (κ2) is 12.3. The van der Waals surface area contributed by atoms with Crippen molar-refractivity contribution in [1.82, 2.24) is 10.3 Å². The number of carbonyl (C=O) groups is 1. The molecule has 4 aromatic rings. The van der Waals surface area contributed by atoms with Crippen LogP contribution in [0.3, 0.4) is 0 Å². The second-order valence-electron chi connectivity index (χ2n) is 8.91. The monoisotopic (exact) mass is 503 g/mol. The lowest BCUT2D eigenvalue weighted by molar-refractivity contribution is 0.0949. The van der Waals surface area contributed by atoms with Gasteiger partial charge in [0.05, 0.1) is 12.2 Å². The van der Waals surface area contributed by atoms with Crippen LogP contribution in [0.25, 0.3) is 11.3 Å². The van der Waals surface area contributed by atoms with Gasteiger partial charge in [0.15, 0.2) is 5.13 Å². The highest BCUT2D eigenvalue weighted by Crippen LogP contribution is 2.28. The number of hydrogen-bond donors (Lipinski definition) is 1. The largest absolute Gasteiger partial charge is 0.492 e. The summed E-state index contributed by atoms with van der Waals surface area (Å²) in [5.41, 5.74) is 3.39. The fraction of sp³-hybridized carbons (Fsp3) is 0.241. The predicted octanol–water partition coefficient (Wildman–Crippen LogP) is 6.42. The highest BCUT2D eigenvalue weighted by Gasteiger charge is 2.14. The van der Waals surface area contributed by atoms with Crippen LogP contribution in [0.1, 0.15) is 29.8 Å². The van der Waals surface area contributed by atoms with E-state index in [0.29, 0.717) is 37.7 Å². The molecule has 0 saturated carbocycles. The van der Waals surface area contributed by atoms with Crippen LogP contribution in [0, 0.1) is 11.7 Å². The Labute approximate surface area is 215 Å². The molecular weight excluding hydrogens is 473 g/mol. The lowest BCUT2D eigenvalue weighted by Gasteiger charge is -2.22. The lowest BCUT2D eigenvalue weighted by Crippen LogP contribution is -2.28. The Kier molecular flexibility index (Phi) is 8.68. The Morgan fingerprint density at radius 2 is 1.75 bits per heavy atom. The van der Waals surface area contributed by atoms with Crippen LogP contribution in [0.15, 0.2) is 84.2 Å². The summed E-state index contributed by atoms with van der Waals surface area (Å²) < 4.78 is 19.3. The number of rotatable bonds is 11. The molecule has 4 rings (SSSR count). The average Bonchev–Trinajstić information content (AvgIpc) is 3.38. The molecule has 0 bridgehead atoms. The van der Waals surface area contributed by atoms with Gasteiger partial charge in [-0.3, -0.25) is 4.79 Å². The Bertz CT molecular complexity index is 1240. The van der Waals surface area contributed by atoms with Gasteiger partial charge in [-0.2, -0.15) is 0 Å². The normalized spacial score (nSPS) is 10.9. The summed E-state index contributed by atoms with van der Waals surface area (Å²) in [5.74, 6) is 0.890. The van der Waals surface area contributed by atoms with Crippen molar-refractivity contribution in [3.8, 4) is 17.0 Å². The van der Waals surface area contributed by atoms with E-state index in [1.807, 2.05) is 60.0 Å². The molecule has 0 saturated heterocycles. The Morgan fingerprint density at radius 1 is 1.03 bits per heavy atom. The fourth-order valence-corrected chi connectivity index (χ4v) is 4.44. The summed E-state index contributed by atoms with van der Waals surface area (Å²) in [5, 5.41) is 5.79. The van der Waals surface area contributed by atoms with E-state index in [1.54, 1.807) is 23.5 Å². The molecule has 0 fully saturated rings. The van der Waals surface area contributed by atoms with Gasteiger partial charge in [0, 0.05) is 29.6 Å². The minimum atomic E-state index is -0.268. The van der Waals surface area contributed by atoms with E-state index in [1.165, 1.54) is 12.1 Å². The number of ether oxygens (including phenoxy) is 1. The van der Waals surface area contributed by atoms with Crippen molar-refractivity contribution in [2.75, 3.05) is 24.6 Å². The third-order valence-corrected chi connectivity index (χ3v) is 6.44. The Morgan fingerprint density at radius 3 is 2.44 bits per heavy atom. The molecule has 0 radical (unpaired) electrons. The van der Waals surface area contributed by atoms with Gasteiger partial charge in [0.25, 0.3) is 5.91 Å². The zero-order chi connectivity index (χ0) is 25.3. The Balaban J connectivity index is 1.48. The number of hydrogen-bond acceptors (Lipinski definition) is 5. The number of thiazole rings is 1. The minimum Gasteiger partial charge on any atom is -0.492 e. The number of nitrogens with one attached hydrogen (secondary N) is 1. The van der Waals surface area contributed by atoms with Crippen molar-refractivity contribution in [2.24, 2.45) is 5.92 Å². The zero-order valence-electron chi connectivity index (χ0n) is 20.5. The molecule has 1 N–H and O–H groups in total. The maximum atomic E-state index is 13.3. The first kappa shape index (κ1) is 25.4. The molecule has 0 spiro atoms. The van der Waals surface area contributed by atoms with Gasteiger partial charge in [0.1, 0.15) is 18.2 Å². The molecule has 3 aromatic carbocycles. The average molecular weight is 504 g/mol. The van der Waals surface area contributed by atoms with E-state index in [2.05, 4.69) is 24.1 Å². The molecule has 0 aliphatic heterocycles. The first-order valence-electron chi connectivity index (χ1n) is 12.0. The quantitative estimate of drug-likeness (QED) is 0.257. The third kappa shape index (κ3) is 7.15. The molecule has 7 heteroatoms. The predicted molar refractivity (Wildman–Crippen MR) is 144 cm³/mol. The van der Waals surface area contributed by atoms with Crippen molar-refractivity contribution in [3.63, 3.8) is 0 Å². The highest BCUT2D eigenvalue weighted by atomic mass is 32.1. The van der Waals surface area contributed by atoms with E-state index in [-0.39, 0.29) is 11.7 Å². The fourth-order valence-electron chi connectivity index (χ4n) is 3.58. The van der Waals surface area contributed by atoms with E-state index in [9.17, 15) is 9.18 Å². The van der Waals surface area contributed by atoms with Crippen LogP contribution in [0.5, 0.6) is 5.75 Å². The topological polar surface area (TPSA) is 54.5 Å². The molecule has 1 aromatic heterocycles. The van der Waals surface area contributed by atoms with Gasteiger partial charge >= 0.3 is 0 Å². The summed E-state index contributed by atoms with van der Waals surface area (Å²) in [6.45, 7) is 6.52. The number of para-hydroxylation sites is 1. The number of nitrogens with zero attached hydrogens (tertiary/aromatic N) is 2. The van der Waals surface area contributed by atoms with Gasteiger partial charge in [-0.1, -0.05) is 44.2 Å². The molecule has 1 amide bonds. The summed E-state index contributed by atoms with van der Waals surface area (Å²) in [6, 6.07) is 23.7. The maximum Gasteiger partial charge on any atom is 0.251 e. The highest BCUT2D eigenvalue weighted by molar-refractivity contribution is 7.14. The minimum absolute atomic E-state index is 0.0627. The second-order valence-corrected chi connectivity index (χ2v) is 9.74. The first-order chi connectivity index (χ1) is 17.5. The van der Waals surface area contributed by atoms with Crippen LogP contribution in [-0.4, -0.2) is 30.6 Å². The Hall–Kier alpha value is -3.71. The molecular formula is C29H30FN3O2S. The van der Waals surface area contributed by atoms with Crippen LogP contribution >= 0.6 is 11.3 Å². The molecule has 0 aliphatic carbocycles. The SMILES string of the molecule is CC(C)CNC(=O)c1ccc(CN(CCOc2ccccc2)c2nc(-c3ccc(F)cc3)cs2)cc1. The standard InChI is InChI=1S/C29H30FN3O2S/c1-21(2)18-31-28(34)24-10-8-22(9-11-24)19-33(16-17-35-26-6-4-3-5-7-26)29-32-27(20-36-29)23-12-14-25(30)15-13-23/h3-15,20-21H,16-19H2,1-2H3,(H,31,34). The number of aromatic nitrogens is 1. The van der Waals surface area contributed by atoms with Gasteiger partial charge in [-0.15, -0.1) is 11.3 Å². The lowest BCUT2D eigenvalue weighted by atomic mass is 10.1. The molecule has 36 heavy (non-hydrogen) atoms. The molecule has 0 aliphatic rings. The zero-order valence-corrected chi connectivity index (χ0v) is 21.3. The number of halogens is 1. The molecule has 0 atom stereocenters. The summed E-state index contributed by atoms with van der Waals surface area (Å²) >= 11 is 1.54. The number of amides is 1. The van der Waals surface area contributed by atoms with Crippen molar-refractivity contribution in [2.45, 2.75) is 20.4 Å². The van der Waals surface area contributed by atoms with Crippen molar-refractivity contribution in [3.05, 3.63) is 101 Å². The summed E-state index contributed by atoms with van der Waals surface area (Å²) in [7, 11) is 0. The molecule has 0 unspecified atom stereocenters. The van der Waals surface area contributed by atoms with E-state index >= 15 is 0 Å². The van der Waals surface area contributed by atoms with Crippen LogP contribution in [0.2, 0.25) is 0 Å². The van der Waals surface area contributed by atoms with Gasteiger partial charge < -0.3 is 15.0 Å². The van der Waals surface area contributed by atoms with E-state index in [4.69, 9.17) is 9.72 Å². The van der Waals surface area contributed by atoms with Crippen molar-refractivity contribution >= 4 is 22.4 Å². The van der Waals surface area contributed by atoms with Gasteiger partial charge in [0.2, 0.25) is 0 Å². The number of carbonyl (C=O) groups excluding carboxylic acids is 1. The van der Waals surface area contributed by atoms with E-state index in [0.717, 1.165) is 27.7 Å². The third-order valence-electron chi connectivity index (χ3n) is 5.54. The number of benzene rings is 3. The van der Waals surface area contributed by atoms with Crippen LogP contribution in [0.4, 0.5) is 9.52 Å². The smallest absolute Gasteiger partial charge is 0.251 e. The summed E-state index contributed by atoms with van der Waals surface area (Å²) in [4.78, 5) is 19.4. The summed E-state index contributed by atoms with van der Waals surface area (Å²) in [6.07, 6.45) is 0. The molecule has 186 valence electrons. The van der Waals surface area contributed by atoms with Crippen LogP contribution in [-0.2, 0) is 6.54 Å². The van der Waals surface area contributed by atoms with Crippen molar-refractivity contribution < 1.29 is 13.9 Å². The van der Waals surface area contributed by atoms with Gasteiger partial charge in [-0.05, 0) is 60.0 Å².